The molecule has 1 aromatic heterocycles. The summed E-state index contributed by atoms with van der Waals surface area (Å²) in [6.07, 6.45) is 36.6. The summed E-state index contributed by atoms with van der Waals surface area (Å²) in [4.78, 5) is 28.6. The first-order chi connectivity index (χ1) is 30.6. The Morgan fingerprint density at radius 3 is 2.34 bits per heavy atom. The molecule has 0 radical (unpaired) electrons. The number of allylic oxidation sites excluding steroid dienone is 13. The molecule has 6 nitrogen and oxygen atoms in total. The first kappa shape index (κ1) is 38.9. The Balaban J connectivity index is 0.891. The van der Waals surface area contributed by atoms with Crippen LogP contribution in [-0.2, 0) is 0 Å². The van der Waals surface area contributed by atoms with E-state index < -0.39 is 0 Å². The van der Waals surface area contributed by atoms with Crippen LogP contribution in [-0.4, -0.2) is 38.6 Å². The third kappa shape index (κ3) is 7.74. The molecule has 6 aliphatic carbocycles. The van der Waals surface area contributed by atoms with Crippen LogP contribution in [0.4, 0.5) is 0 Å². The average molecular weight is 813 g/mol. The van der Waals surface area contributed by atoms with Crippen LogP contribution < -0.4 is 0 Å². The number of aromatic nitrogens is 3. The second kappa shape index (κ2) is 17.0. The zero-order valence-corrected chi connectivity index (χ0v) is 35.9. The van der Waals surface area contributed by atoms with E-state index in [0.717, 1.165) is 92.5 Å². The summed E-state index contributed by atoms with van der Waals surface area (Å²) >= 11 is 0. The van der Waals surface area contributed by atoms with Gasteiger partial charge in [-0.15, -0.1) is 0 Å². The standard InChI is InChI=1S/C56H56N6/c1-62-55(40-20-9-4-10-21-40)60-52(39-18-7-3-8-19-39)61-56(62)47-27-14-23-42(35-47)41-22-13-24-43(34-41)48-28-11-12-29-49(48)44-25-15-26-46(36-44)53-57-51(38-16-5-2-6-17-38)58-54(59-53)50-33-37-30-31-45(50)32-37/h2-3,5,7-8,11-14,16,18-20,22-24,27-28,30-31,34-37,45-46,49-50,56H,4,6,9-10,15,17,21,25-26,29,32-33H2,1H3. The first-order valence-electron chi connectivity index (χ1n) is 23.3. The molecule has 0 amide bonds. The Labute approximate surface area is 367 Å². The summed E-state index contributed by atoms with van der Waals surface area (Å²) in [7, 11) is 2.16. The van der Waals surface area contributed by atoms with Crippen molar-refractivity contribution < 1.29 is 0 Å². The Morgan fingerprint density at radius 1 is 0.677 bits per heavy atom. The van der Waals surface area contributed by atoms with Gasteiger partial charge in [0.2, 0.25) is 0 Å². The molecular weight excluding hydrogens is 757 g/mol. The Kier molecular flexibility index (Phi) is 10.7. The van der Waals surface area contributed by atoms with Crippen LogP contribution in [0.15, 0.2) is 161 Å². The molecule has 0 spiro atoms. The Bertz CT molecular complexity index is 2650. The molecule has 3 aromatic carbocycles. The zero-order chi connectivity index (χ0) is 41.4. The molecule has 6 atom stereocenters. The van der Waals surface area contributed by atoms with E-state index in [4.69, 9.17) is 24.9 Å². The number of aliphatic imine (C=N–C) groups is 2. The van der Waals surface area contributed by atoms with Crippen LogP contribution in [0.3, 0.4) is 0 Å². The van der Waals surface area contributed by atoms with Gasteiger partial charge in [-0.25, -0.2) is 24.9 Å². The van der Waals surface area contributed by atoms with Crippen molar-refractivity contribution in [2.75, 3.05) is 7.05 Å². The summed E-state index contributed by atoms with van der Waals surface area (Å²) in [5.74, 6) is 6.89. The van der Waals surface area contributed by atoms with Crippen molar-refractivity contribution in [2.24, 2.45) is 27.7 Å². The summed E-state index contributed by atoms with van der Waals surface area (Å²) in [6.45, 7) is 0. The van der Waals surface area contributed by atoms with Gasteiger partial charge in [0.05, 0.1) is 0 Å². The van der Waals surface area contributed by atoms with Gasteiger partial charge in [-0.05, 0) is 140 Å². The fraction of sp³-hybridized carbons (Fsp3) is 0.339. The minimum absolute atomic E-state index is 0.177. The molecule has 2 heterocycles. The predicted octanol–water partition coefficient (Wildman–Crippen LogP) is 13.1. The minimum Gasteiger partial charge on any atom is -0.334 e. The predicted molar refractivity (Wildman–Crippen MR) is 254 cm³/mol. The van der Waals surface area contributed by atoms with E-state index in [1.54, 1.807) is 0 Å². The molecule has 6 unspecified atom stereocenters. The van der Waals surface area contributed by atoms with Crippen molar-refractivity contribution in [2.45, 2.75) is 95.1 Å². The van der Waals surface area contributed by atoms with Gasteiger partial charge >= 0.3 is 0 Å². The van der Waals surface area contributed by atoms with E-state index in [1.165, 1.54) is 63.8 Å². The lowest BCUT2D eigenvalue weighted by molar-refractivity contribution is 0.380. The lowest BCUT2D eigenvalue weighted by Crippen LogP contribution is -2.36. The normalized spacial score (nSPS) is 26.7. The van der Waals surface area contributed by atoms with E-state index in [2.05, 4.69) is 152 Å². The van der Waals surface area contributed by atoms with Gasteiger partial charge < -0.3 is 4.90 Å². The van der Waals surface area contributed by atoms with Crippen molar-refractivity contribution in [3.8, 4) is 11.1 Å². The fourth-order valence-electron chi connectivity index (χ4n) is 11.1. The third-order valence-corrected chi connectivity index (χ3v) is 14.4. The van der Waals surface area contributed by atoms with E-state index in [9.17, 15) is 0 Å². The number of fused-ring (bicyclic) bond motifs is 2. The maximum atomic E-state index is 5.35. The van der Waals surface area contributed by atoms with Crippen molar-refractivity contribution in [3.05, 3.63) is 185 Å². The summed E-state index contributed by atoms with van der Waals surface area (Å²) in [6, 6.07) is 28.7. The number of rotatable bonds is 9. The molecular formula is C56H56N6. The van der Waals surface area contributed by atoms with Crippen molar-refractivity contribution in [1.29, 1.82) is 0 Å². The van der Waals surface area contributed by atoms with Gasteiger partial charge in [0.25, 0.3) is 0 Å². The minimum atomic E-state index is -0.177. The van der Waals surface area contributed by atoms with Crippen molar-refractivity contribution in [3.63, 3.8) is 0 Å². The summed E-state index contributed by atoms with van der Waals surface area (Å²) in [5.41, 5.74) is 11.4. The molecule has 62 heavy (non-hydrogen) atoms. The van der Waals surface area contributed by atoms with Crippen molar-refractivity contribution in [1.82, 2.24) is 19.9 Å². The smallest absolute Gasteiger partial charge is 0.159 e. The topological polar surface area (TPSA) is 66.6 Å². The fourth-order valence-corrected chi connectivity index (χ4v) is 11.1. The molecule has 310 valence electrons. The van der Waals surface area contributed by atoms with E-state index in [1.807, 2.05) is 0 Å². The van der Waals surface area contributed by atoms with Gasteiger partial charge in [0, 0.05) is 30.4 Å². The lowest BCUT2D eigenvalue weighted by Gasteiger charge is -2.34. The van der Waals surface area contributed by atoms with Crippen LogP contribution in [0.2, 0.25) is 0 Å². The Morgan fingerprint density at radius 2 is 1.52 bits per heavy atom. The molecule has 11 rings (SSSR count). The zero-order valence-electron chi connectivity index (χ0n) is 35.9. The monoisotopic (exact) mass is 812 g/mol. The Hall–Kier alpha value is -6.01. The van der Waals surface area contributed by atoms with E-state index in [0.29, 0.717) is 23.7 Å². The highest BCUT2D eigenvalue weighted by Gasteiger charge is 2.39. The highest BCUT2D eigenvalue weighted by molar-refractivity contribution is 6.12. The third-order valence-electron chi connectivity index (χ3n) is 14.4. The number of amidine groups is 2. The largest absolute Gasteiger partial charge is 0.334 e. The number of benzene rings is 3. The quantitative estimate of drug-likeness (QED) is 0.158. The highest BCUT2D eigenvalue weighted by atomic mass is 15.3. The van der Waals surface area contributed by atoms with Gasteiger partial charge in [-0.3, -0.25) is 0 Å². The average Bonchev–Trinajstić information content (AvgIpc) is 4.00. The maximum absolute atomic E-state index is 5.35. The second-order valence-electron chi connectivity index (χ2n) is 18.4. The van der Waals surface area contributed by atoms with Crippen LogP contribution in [0.1, 0.15) is 129 Å². The summed E-state index contributed by atoms with van der Waals surface area (Å²) in [5, 5.41) is 0. The van der Waals surface area contributed by atoms with E-state index >= 15 is 0 Å². The number of hydrogen-bond donors (Lipinski definition) is 0. The molecule has 7 aliphatic rings. The van der Waals surface area contributed by atoms with Gasteiger partial charge in [0.15, 0.2) is 17.8 Å². The molecule has 1 saturated carbocycles. The number of hydrogen-bond acceptors (Lipinski definition) is 6. The molecule has 6 heteroatoms. The molecule has 0 N–H and O–H groups in total. The van der Waals surface area contributed by atoms with Crippen LogP contribution in [0.5, 0.6) is 0 Å². The molecule has 1 fully saturated rings. The van der Waals surface area contributed by atoms with E-state index in [-0.39, 0.29) is 12.1 Å². The van der Waals surface area contributed by atoms with Gasteiger partial charge in [-0.2, -0.15) is 0 Å². The number of likely N-dealkylation sites (N-methyl/N-ethyl adjacent to an activating group) is 1. The second-order valence-corrected chi connectivity index (χ2v) is 18.4. The molecule has 2 bridgehead atoms. The van der Waals surface area contributed by atoms with Crippen LogP contribution in [0, 0.1) is 17.8 Å². The maximum Gasteiger partial charge on any atom is 0.159 e. The summed E-state index contributed by atoms with van der Waals surface area (Å²) < 4.78 is 0. The highest BCUT2D eigenvalue weighted by Crippen LogP contribution is 2.49. The number of nitrogens with zero attached hydrogens (tertiary/aromatic N) is 6. The molecule has 1 aliphatic heterocycles. The van der Waals surface area contributed by atoms with Crippen LogP contribution >= 0.6 is 0 Å². The SMILES string of the molecule is CN1C(C2=CCCCC2)=NC(c2ccccc2)=NC1c1cccc(-c2cccc(C3=CC=CCC3C3=CC(c4nc(C5=CC=CCC5)nc(C5CC6C=CC5C6)n4)CCC3)c2)c1. The van der Waals surface area contributed by atoms with Gasteiger partial charge in [0.1, 0.15) is 17.5 Å². The molecule has 0 saturated heterocycles. The van der Waals surface area contributed by atoms with Gasteiger partial charge in [-0.1, -0.05) is 133 Å². The lowest BCUT2D eigenvalue weighted by atomic mass is 9.75. The first-order valence-corrected chi connectivity index (χ1v) is 23.3. The van der Waals surface area contributed by atoms with Crippen molar-refractivity contribution >= 4 is 22.8 Å². The van der Waals surface area contributed by atoms with Crippen LogP contribution in [0.25, 0.3) is 22.3 Å². The molecule has 4 aromatic rings.